The van der Waals surface area contributed by atoms with Gasteiger partial charge in [-0.25, -0.2) is 0 Å². The topological polar surface area (TPSA) is 51.2 Å². The van der Waals surface area contributed by atoms with Gasteiger partial charge in [0.25, 0.3) is 0 Å². The molecular formula is C24H33NO4. The molecule has 5 nitrogen and oxygen atoms in total. The van der Waals surface area contributed by atoms with Crippen LogP contribution in [0.2, 0.25) is 0 Å². The molecule has 1 aliphatic heterocycles. The lowest BCUT2D eigenvalue weighted by molar-refractivity contribution is -0.0951. The molecule has 4 atom stereocenters. The van der Waals surface area contributed by atoms with Gasteiger partial charge in [-0.1, -0.05) is 74.5 Å². The van der Waals surface area contributed by atoms with E-state index in [9.17, 15) is 5.11 Å². The van der Waals surface area contributed by atoms with Crippen molar-refractivity contribution in [2.24, 2.45) is 0 Å². The van der Waals surface area contributed by atoms with Gasteiger partial charge in [0.2, 0.25) is 0 Å². The van der Waals surface area contributed by atoms with Crippen LogP contribution in [0.25, 0.3) is 0 Å². The Morgan fingerprint density at radius 1 is 0.931 bits per heavy atom. The van der Waals surface area contributed by atoms with Crippen molar-refractivity contribution in [1.82, 2.24) is 4.90 Å². The number of hydrogen-bond acceptors (Lipinski definition) is 5. The second-order valence-electron chi connectivity index (χ2n) is 7.37. The van der Waals surface area contributed by atoms with Gasteiger partial charge in [-0.15, -0.1) is 0 Å². The average molecular weight is 400 g/mol. The van der Waals surface area contributed by atoms with Crippen LogP contribution >= 0.6 is 0 Å². The number of rotatable bonds is 11. The Hall–Kier alpha value is -1.76. The summed E-state index contributed by atoms with van der Waals surface area (Å²) in [6.45, 7) is 7.41. The smallest absolute Gasteiger partial charge is 0.114 e. The van der Waals surface area contributed by atoms with E-state index < -0.39 is 0 Å². The zero-order valence-corrected chi connectivity index (χ0v) is 17.4. The van der Waals surface area contributed by atoms with E-state index in [1.54, 1.807) is 0 Å². The van der Waals surface area contributed by atoms with Crippen LogP contribution in [0.1, 0.15) is 25.0 Å². The molecular weight excluding hydrogens is 366 g/mol. The van der Waals surface area contributed by atoms with Crippen LogP contribution in [0, 0.1) is 0 Å². The summed E-state index contributed by atoms with van der Waals surface area (Å²) < 4.78 is 18.7. The summed E-state index contributed by atoms with van der Waals surface area (Å²) in [6.07, 6.45) is -0.644. The van der Waals surface area contributed by atoms with Crippen molar-refractivity contribution in [2.45, 2.75) is 51.4 Å². The van der Waals surface area contributed by atoms with Crippen LogP contribution in [0.15, 0.2) is 60.7 Å². The summed E-state index contributed by atoms with van der Waals surface area (Å²) in [5.41, 5.74) is 2.24. The molecule has 1 N–H and O–H groups in total. The van der Waals surface area contributed by atoms with Gasteiger partial charge in [-0.2, -0.15) is 0 Å². The molecule has 29 heavy (non-hydrogen) atoms. The third-order valence-electron chi connectivity index (χ3n) is 5.58. The van der Waals surface area contributed by atoms with Crippen LogP contribution in [0.3, 0.4) is 0 Å². The summed E-state index contributed by atoms with van der Waals surface area (Å²) in [5, 5.41) is 10.1. The van der Waals surface area contributed by atoms with Crippen LogP contribution < -0.4 is 0 Å². The minimum absolute atomic E-state index is 0.0307. The summed E-state index contributed by atoms with van der Waals surface area (Å²) >= 11 is 0. The molecule has 0 radical (unpaired) electrons. The molecule has 0 spiro atoms. The van der Waals surface area contributed by atoms with Crippen LogP contribution in [-0.4, -0.2) is 60.7 Å². The maximum absolute atomic E-state index is 10.1. The molecule has 158 valence electrons. The van der Waals surface area contributed by atoms with E-state index in [1.165, 1.54) is 0 Å². The lowest BCUT2D eigenvalue weighted by atomic mass is 10.0. The summed E-state index contributed by atoms with van der Waals surface area (Å²) in [7, 11) is 0. The first-order chi connectivity index (χ1) is 14.3. The molecule has 0 aromatic heterocycles. The summed E-state index contributed by atoms with van der Waals surface area (Å²) in [5.74, 6) is 0. The van der Waals surface area contributed by atoms with Crippen molar-refractivity contribution in [3.63, 3.8) is 0 Å². The van der Waals surface area contributed by atoms with E-state index in [2.05, 4.69) is 43.0 Å². The predicted octanol–water partition coefficient (Wildman–Crippen LogP) is 3.26. The number of aliphatic hydroxyl groups is 1. The van der Waals surface area contributed by atoms with Gasteiger partial charge in [0.1, 0.15) is 18.3 Å². The van der Waals surface area contributed by atoms with Crippen molar-refractivity contribution < 1.29 is 19.3 Å². The fourth-order valence-electron chi connectivity index (χ4n) is 3.95. The maximum atomic E-state index is 10.1. The molecule has 2 unspecified atom stereocenters. The first-order valence-corrected chi connectivity index (χ1v) is 10.5. The van der Waals surface area contributed by atoms with Gasteiger partial charge < -0.3 is 19.3 Å². The Morgan fingerprint density at radius 3 is 2.00 bits per heavy atom. The van der Waals surface area contributed by atoms with Crippen LogP contribution in [0.5, 0.6) is 0 Å². The van der Waals surface area contributed by atoms with Gasteiger partial charge in [-0.05, 0) is 24.2 Å². The highest BCUT2D eigenvalue weighted by Gasteiger charge is 2.44. The van der Waals surface area contributed by atoms with Gasteiger partial charge in [0.15, 0.2) is 0 Å². The Balaban J connectivity index is 1.71. The number of ether oxygens (including phenoxy) is 3. The zero-order valence-electron chi connectivity index (χ0n) is 17.4. The molecule has 0 aliphatic carbocycles. The molecule has 2 aromatic carbocycles. The predicted molar refractivity (Wildman–Crippen MR) is 114 cm³/mol. The van der Waals surface area contributed by atoms with E-state index >= 15 is 0 Å². The largest absolute Gasteiger partial charge is 0.395 e. The minimum Gasteiger partial charge on any atom is -0.395 e. The van der Waals surface area contributed by atoms with Crippen molar-refractivity contribution >= 4 is 0 Å². The molecule has 1 heterocycles. The second kappa shape index (κ2) is 11.4. The highest BCUT2D eigenvalue weighted by molar-refractivity contribution is 5.14. The van der Waals surface area contributed by atoms with Crippen LogP contribution in [-0.2, 0) is 27.4 Å². The Labute approximate surface area is 174 Å². The molecule has 2 aromatic rings. The van der Waals surface area contributed by atoms with Crippen molar-refractivity contribution in [1.29, 1.82) is 0 Å². The standard InChI is InChI=1S/C24H33NO4/c1-3-25(4-2)21(15-26)23-24(28-17-20-13-9-6-10-14-20)22(18-29-23)27-16-19-11-7-5-8-12-19/h5-14,21-24,26H,3-4,15-18H2,1-2H3/t21?,22-,23?,24+/m0/s1. The molecule has 0 saturated carbocycles. The minimum atomic E-state index is -0.239. The molecule has 1 fully saturated rings. The highest BCUT2D eigenvalue weighted by Crippen LogP contribution is 2.27. The fourth-order valence-corrected chi connectivity index (χ4v) is 3.95. The van der Waals surface area contributed by atoms with Crippen LogP contribution in [0.4, 0.5) is 0 Å². The Bertz CT molecular complexity index is 693. The van der Waals surface area contributed by atoms with Gasteiger partial charge >= 0.3 is 0 Å². The summed E-state index contributed by atoms with van der Waals surface area (Å²) in [4.78, 5) is 2.23. The molecule has 1 saturated heterocycles. The first kappa shape index (κ1) is 21.9. The fraction of sp³-hybridized carbons (Fsp3) is 0.500. The first-order valence-electron chi connectivity index (χ1n) is 10.5. The number of likely N-dealkylation sites (N-methyl/N-ethyl adjacent to an activating group) is 1. The molecule has 5 heteroatoms. The molecule has 0 bridgehead atoms. The van der Waals surface area contributed by atoms with E-state index in [0.717, 1.165) is 24.2 Å². The molecule has 0 amide bonds. The third-order valence-corrected chi connectivity index (χ3v) is 5.58. The normalized spacial score (nSPS) is 22.8. The number of benzene rings is 2. The number of aliphatic hydroxyl groups excluding tert-OH is 1. The van der Waals surface area contributed by atoms with Crippen molar-refractivity contribution in [3.8, 4) is 0 Å². The highest BCUT2D eigenvalue weighted by atomic mass is 16.6. The summed E-state index contributed by atoms with van der Waals surface area (Å²) in [6, 6.07) is 20.1. The lowest BCUT2D eigenvalue weighted by Gasteiger charge is -2.35. The zero-order chi connectivity index (χ0) is 20.5. The Kier molecular flexibility index (Phi) is 8.65. The van der Waals surface area contributed by atoms with E-state index in [1.807, 2.05) is 36.4 Å². The quantitative estimate of drug-likeness (QED) is 0.629. The lowest BCUT2D eigenvalue weighted by Crippen LogP contribution is -2.51. The SMILES string of the molecule is CCN(CC)C(CO)C1OC[C@H](OCc2ccccc2)[C@H]1OCc1ccccc1. The Morgan fingerprint density at radius 2 is 1.48 bits per heavy atom. The average Bonchev–Trinajstić information content (AvgIpc) is 3.18. The van der Waals surface area contributed by atoms with Crippen molar-refractivity contribution in [3.05, 3.63) is 71.8 Å². The second-order valence-corrected chi connectivity index (χ2v) is 7.37. The molecule has 1 aliphatic rings. The number of nitrogens with zero attached hydrogens (tertiary/aromatic N) is 1. The van der Waals surface area contributed by atoms with Gasteiger partial charge in [0, 0.05) is 0 Å². The third kappa shape index (κ3) is 5.87. The van der Waals surface area contributed by atoms with Gasteiger partial charge in [0.05, 0.1) is 32.5 Å². The maximum Gasteiger partial charge on any atom is 0.114 e. The van der Waals surface area contributed by atoms with Gasteiger partial charge in [-0.3, -0.25) is 4.90 Å². The monoisotopic (exact) mass is 399 g/mol. The number of hydrogen-bond donors (Lipinski definition) is 1. The van der Waals surface area contributed by atoms with Crippen molar-refractivity contribution in [2.75, 3.05) is 26.3 Å². The van der Waals surface area contributed by atoms with E-state index in [0.29, 0.717) is 19.8 Å². The molecule has 3 rings (SSSR count). The van der Waals surface area contributed by atoms with E-state index in [4.69, 9.17) is 14.2 Å². The van der Waals surface area contributed by atoms with E-state index in [-0.39, 0.29) is 31.0 Å².